The summed E-state index contributed by atoms with van der Waals surface area (Å²) in [5.74, 6) is -16.8. The summed E-state index contributed by atoms with van der Waals surface area (Å²) < 4.78 is 0.489. The highest BCUT2D eigenvalue weighted by Crippen LogP contribution is 2.20. The van der Waals surface area contributed by atoms with Gasteiger partial charge in [-0.3, -0.25) is 81.9 Å². The molecule has 1 heterocycles. The molecule has 114 heavy (non-hydrogen) atoms. The molecule has 0 aromatic carbocycles. The molecule has 46 nitrogen and oxygen atoms in total. The second-order valence-electron chi connectivity index (χ2n) is 28.8. The number of unbranched alkanes of at least 4 members (excludes halogenated alkanes) is 3. The molecule has 1 aliphatic rings. The molecule has 15 amide bonds. The molecule has 0 bridgehead atoms. The molecule has 16 atom stereocenters. The van der Waals surface area contributed by atoms with Gasteiger partial charge in [0.25, 0.3) is 0 Å². The van der Waals surface area contributed by atoms with Crippen molar-refractivity contribution in [3.8, 4) is 0 Å². The van der Waals surface area contributed by atoms with Gasteiger partial charge in [0.2, 0.25) is 88.6 Å². The zero-order valence-electron chi connectivity index (χ0n) is 66.3. The summed E-state index contributed by atoms with van der Waals surface area (Å²) in [5.41, 5.74) is 44.1. The number of amides is 15. The highest BCUT2D eigenvalue weighted by molar-refractivity contribution is 6.00. The van der Waals surface area contributed by atoms with Crippen molar-refractivity contribution < 1.29 is 107 Å². The number of hydrogen-bond donors (Lipinski definition) is 25. The predicted molar refractivity (Wildman–Crippen MR) is 409 cm³/mol. The number of carbonyl (C=O) groups excluding carboxylic acids is 16. The van der Waals surface area contributed by atoms with Crippen LogP contribution in [0.15, 0.2) is 9.98 Å². The molecular formula is C68H125N25O21. The summed E-state index contributed by atoms with van der Waals surface area (Å²) in [7, 11) is 5.71. The fourth-order valence-electron chi connectivity index (χ4n) is 11.2. The van der Waals surface area contributed by atoms with Gasteiger partial charge in [0, 0.05) is 26.1 Å². The third kappa shape index (κ3) is 40.0. The van der Waals surface area contributed by atoms with Gasteiger partial charge >= 0.3 is 0 Å². The minimum absolute atomic E-state index is 0.00998. The third-order valence-corrected chi connectivity index (χ3v) is 17.8. The quantitative estimate of drug-likeness (QED) is 0.0116. The number of aliphatic imine (C=N–C) groups is 2. The van der Waals surface area contributed by atoms with E-state index in [9.17, 15) is 102 Å². The van der Waals surface area contributed by atoms with E-state index in [4.69, 9.17) is 45.9 Å². The lowest BCUT2D eigenvalue weighted by Gasteiger charge is -2.29. The maximum Gasteiger partial charge on any atom is 0.245 e. The highest BCUT2D eigenvalue weighted by Gasteiger charge is 2.40. The van der Waals surface area contributed by atoms with Gasteiger partial charge in [0.15, 0.2) is 11.9 Å². The zero-order valence-corrected chi connectivity index (χ0v) is 66.3. The molecule has 33 N–H and O–H groups in total. The first-order valence-electron chi connectivity index (χ1n) is 37.8. The number of aliphatic hydroxyl groups is 4. The number of nitrogens with one attached hydrogen (secondary N) is 13. The van der Waals surface area contributed by atoms with Gasteiger partial charge in [-0.25, -0.2) is 0 Å². The molecule has 0 aromatic heterocycles. The van der Waals surface area contributed by atoms with Crippen molar-refractivity contribution in [1.82, 2.24) is 74.0 Å². The Morgan fingerprint density at radius 3 is 1.33 bits per heavy atom. The minimum Gasteiger partial charge on any atom is -0.548 e. The van der Waals surface area contributed by atoms with Crippen LogP contribution in [-0.4, -0.2) is 313 Å². The number of guanidine groups is 2. The number of carboxylic acid groups (broad SMARTS) is 1. The Labute approximate surface area is 661 Å². The van der Waals surface area contributed by atoms with Crippen LogP contribution in [0.25, 0.3) is 0 Å². The molecule has 1 rings (SSSR count). The van der Waals surface area contributed by atoms with Crippen LogP contribution in [-0.2, 0) is 76.7 Å². The lowest BCUT2D eigenvalue weighted by molar-refractivity contribution is -0.870. The number of primary amides is 1. The normalized spacial score (nSPS) is 16.5. The number of aliphatic carboxylic acids is 1. The first-order chi connectivity index (χ1) is 53.4. The first kappa shape index (κ1) is 102. The van der Waals surface area contributed by atoms with Gasteiger partial charge in [-0.1, -0.05) is 0 Å². The standard InChI is InChI=1S/C68H125N25O21/c1-35(81-64(111)53(39(5)97)91-59(106)44(24-25-48(71)98)86-56(103)42(19-10-13-27-70)87-62(109)51(72)37(3)95)54(101)84-43(21-15-28-77-67(73)74)57(104)85-41(20-11-14-31-93(6,7)8)58(105)89-46(34-94)60(107)90-52(38(4)96)63(110)80-32-49(99)79-33-50(100)83-40(18-9-12-26-69)55(102)82-36(2)65(112)92-30-17-23-47(92)61(108)88-45(66(113)114)22-16-29-78-68(75)76/h35-47,51-53,94-97H,9-34,69-70,72H2,1-8H3,(H23-,71,73,74,75,76,77,78,79,80,81,82,83,84,85,86,87,88,89,90,91,98,99,100,101,102,103,104,105,106,107,108,109,110,111,113,114). The number of likely N-dealkylation sites (tertiary alicyclic amines) is 1. The van der Waals surface area contributed by atoms with Crippen molar-refractivity contribution >= 4 is 106 Å². The summed E-state index contributed by atoms with van der Waals surface area (Å²) in [6, 6.07) is -19.8. The van der Waals surface area contributed by atoms with Crippen LogP contribution >= 0.6 is 0 Å². The second-order valence-corrected chi connectivity index (χ2v) is 28.8. The lowest BCUT2D eigenvalue weighted by Crippen LogP contribution is -2.62. The Bertz CT molecular complexity index is 3260. The predicted octanol–water partition coefficient (Wildman–Crippen LogP) is -13.7. The number of quaternary nitrogens is 1. The van der Waals surface area contributed by atoms with Crippen molar-refractivity contribution in [3.05, 3.63) is 0 Å². The van der Waals surface area contributed by atoms with Crippen LogP contribution in [0.3, 0.4) is 0 Å². The Kier molecular flexibility index (Phi) is 47.2. The van der Waals surface area contributed by atoms with E-state index >= 15 is 0 Å². The summed E-state index contributed by atoms with van der Waals surface area (Å²) >= 11 is 0. The number of nitrogens with two attached hydrogens (primary N) is 8. The molecule has 0 spiro atoms. The van der Waals surface area contributed by atoms with Gasteiger partial charge in [-0.05, 0) is 150 Å². The van der Waals surface area contributed by atoms with Gasteiger partial charge in [0.05, 0.1) is 77.7 Å². The number of rotatable bonds is 56. The topological polar surface area (TPSA) is 770 Å². The van der Waals surface area contributed by atoms with E-state index in [1.165, 1.54) is 25.7 Å². The summed E-state index contributed by atoms with van der Waals surface area (Å²) in [5, 5.41) is 84.6. The van der Waals surface area contributed by atoms with E-state index in [1.807, 2.05) is 21.1 Å². The Balaban J connectivity index is 3.33. The molecule has 1 fully saturated rings. The smallest absolute Gasteiger partial charge is 0.245 e. The zero-order chi connectivity index (χ0) is 86.7. The number of hydrogen-bond acceptors (Lipinski definition) is 26. The summed E-state index contributed by atoms with van der Waals surface area (Å²) in [6.07, 6.45) is -3.18. The fourth-order valence-corrected chi connectivity index (χ4v) is 11.2. The summed E-state index contributed by atoms with van der Waals surface area (Å²) in [6.45, 7) is 4.30. The minimum atomic E-state index is -1.89. The van der Waals surface area contributed by atoms with Crippen LogP contribution in [0.5, 0.6) is 0 Å². The van der Waals surface area contributed by atoms with E-state index in [0.29, 0.717) is 49.6 Å². The SMILES string of the molecule is CC(NC(=O)C(NC(=O)C(CCC(N)=O)NC(=O)C(CCCCN)NC(=O)C(N)C(C)O)C(C)O)C(=O)NC(CCCN=C(N)N)C(=O)NC(CCCC[N+](C)(C)C)C(=O)NC(CO)C(=O)NC(C(=O)NCC(=O)NCC(=O)NC(CCCCN)C(=O)NC(C)C(=O)N1CCCC1C(=O)NC(CCCN=C(N)N)C(=O)[O-])C(C)O. The Hall–Kier alpha value is -10.3. The maximum atomic E-state index is 14.4. The number of carboxylic acids is 1. The fraction of sp³-hybridized carbons (Fsp3) is 0.735. The van der Waals surface area contributed by atoms with Crippen molar-refractivity contribution in [2.24, 2.45) is 55.9 Å². The van der Waals surface area contributed by atoms with Crippen molar-refractivity contribution in [2.75, 3.05) is 80.1 Å². The van der Waals surface area contributed by atoms with E-state index < -0.39 is 224 Å². The molecule has 1 aliphatic heterocycles. The molecule has 0 saturated carbocycles. The van der Waals surface area contributed by atoms with E-state index in [2.05, 4.69) is 79.1 Å². The molecule has 0 aromatic rings. The molecule has 648 valence electrons. The highest BCUT2D eigenvalue weighted by atomic mass is 16.4. The molecule has 0 radical (unpaired) electrons. The molecular weight excluding hydrogens is 1500 g/mol. The Morgan fingerprint density at radius 2 is 0.868 bits per heavy atom. The number of nitrogens with zero attached hydrogens (tertiary/aromatic N) is 4. The van der Waals surface area contributed by atoms with Crippen LogP contribution in [0, 0.1) is 0 Å². The lowest BCUT2D eigenvalue weighted by atomic mass is 10.0. The number of aliphatic hydroxyl groups excluding tert-OH is 4. The molecule has 1 saturated heterocycles. The van der Waals surface area contributed by atoms with Crippen LogP contribution in [0.1, 0.15) is 144 Å². The van der Waals surface area contributed by atoms with Gasteiger partial charge < -0.3 is 155 Å². The van der Waals surface area contributed by atoms with Crippen LogP contribution in [0.2, 0.25) is 0 Å². The molecule has 0 aliphatic carbocycles. The average Bonchev–Trinajstić information content (AvgIpc) is 1.57. The van der Waals surface area contributed by atoms with Gasteiger partial charge in [-0.15, -0.1) is 0 Å². The van der Waals surface area contributed by atoms with E-state index in [1.54, 1.807) is 0 Å². The Morgan fingerprint density at radius 1 is 0.456 bits per heavy atom. The number of carbonyl (C=O) groups is 16. The van der Waals surface area contributed by atoms with Crippen molar-refractivity contribution in [1.29, 1.82) is 0 Å². The summed E-state index contributed by atoms with van der Waals surface area (Å²) in [4.78, 5) is 224. The molecule has 16 unspecified atom stereocenters. The van der Waals surface area contributed by atoms with Gasteiger partial charge in [0.1, 0.15) is 72.5 Å². The monoisotopic (exact) mass is 1630 g/mol. The van der Waals surface area contributed by atoms with E-state index in [-0.39, 0.29) is 102 Å². The second kappa shape index (κ2) is 52.9. The third-order valence-electron chi connectivity index (χ3n) is 17.8. The van der Waals surface area contributed by atoms with E-state index in [0.717, 1.165) is 13.8 Å². The molecule has 46 heteroatoms. The van der Waals surface area contributed by atoms with Crippen molar-refractivity contribution in [3.63, 3.8) is 0 Å². The van der Waals surface area contributed by atoms with Crippen LogP contribution in [0.4, 0.5) is 0 Å². The van der Waals surface area contributed by atoms with Gasteiger partial charge in [-0.2, -0.15) is 0 Å². The largest absolute Gasteiger partial charge is 0.548 e. The first-order valence-corrected chi connectivity index (χ1v) is 37.8. The average molecular weight is 1630 g/mol. The van der Waals surface area contributed by atoms with Crippen molar-refractivity contribution in [2.45, 2.75) is 241 Å². The maximum absolute atomic E-state index is 14.4. The van der Waals surface area contributed by atoms with Crippen LogP contribution < -0.4 is 120 Å².